The van der Waals surface area contributed by atoms with Crippen LogP contribution in [0.5, 0.6) is 11.5 Å². The Labute approximate surface area is 149 Å². The summed E-state index contributed by atoms with van der Waals surface area (Å²) in [7, 11) is -3.59. The second-order valence-corrected chi connectivity index (χ2v) is 7.92. The molecule has 2 aromatic rings. The van der Waals surface area contributed by atoms with E-state index in [1.165, 1.54) is 11.6 Å². The zero-order chi connectivity index (χ0) is 17.7. The van der Waals surface area contributed by atoms with Crippen LogP contribution in [0, 0.1) is 0 Å². The molecule has 1 N–H and O–H groups in total. The number of ether oxygens (including phenoxy) is 2. The van der Waals surface area contributed by atoms with Gasteiger partial charge in [0.15, 0.2) is 11.5 Å². The van der Waals surface area contributed by atoms with Gasteiger partial charge in [-0.25, -0.2) is 13.1 Å². The molecule has 134 valence electrons. The van der Waals surface area contributed by atoms with Crippen molar-refractivity contribution in [1.29, 1.82) is 0 Å². The maximum absolute atomic E-state index is 12.6. The molecule has 1 unspecified atom stereocenters. The fourth-order valence-electron chi connectivity index (χ4n) is 2.73. The normalized spacial score (nSPS) is 15.4. The lowest BCUT2D eigenvalue weighted by atomic mass is 10.1. The first-order valence-corrected chi connectivity index (χ1v) is 9.99. The minimum Gasteiger partial charge on any atom is -0.490 e. The van der Waals surface area contributed by atoms with Gasteiger partial charge in [-0.2, -0.15) is 0 Å². The molecule has 0 amide bonds. The van der Waals surface area contributed by atoms with Crippen molar-refractivity contribution in [2.45, 2.75) is 37.1 Å². The van der Waals surface area contributed by atoms with E-state index in [0.29, 0.717) is 24.7 Å². The maximum Gasteiger partial charge on any atom is 0.240 e. The maximum atomic E-state index is 12.6. The van der Waals surface area contributed by atoms with E-state index in [2.05, 4.69) is 4.72 Å². The largest absolute Gasteiger partial charge is 0.490 e. The Morgan fingerprint density at radius 3 is 2.52 bits per heavy atom. The van der Waals surface area contributed by atoms with Gasteiger partial charge in [0.2, 0.25) is 10.0 Å². The quantitative estimate of drug-likeness (QED) is 0.858. The summed E-state index contributed by atoms with van der Waals surface area (Å²) >= 11 is 0. The van der Waals surface area contributed by atoms with Crippen molar-refractivity contribution in [3.8, 4) is 11.5 Å². The Bertz CT molecular complexity index is 805. The first-order valence-electron chi connectivity index (χ1n) is 8.50. The Balaban J connectivity index is 1.66. The summed E-state index contributed by atoms with van der Waals surface area (Å²) in [5.74, 6) is 1.07. The summed E-state index contributed by atoms with van der Waals surface area (Å²) < 4.78 is 39.1. The third-order valence-corrected chi connectivity index (χ3v) is 5.68. The number of benzene rings is 2. The summed E-state index contributed by atoms with van der Waals surface area (Å²) in [5.41, 5.74) is 1.20. The molecule has 1 aliphatic heterocycles. The molecular weight excluding hydrogens is 338 g/mol. The van der Waals surface area contributed by atoms with E-state index in [9.17, 15) is 8.42 Å². The molecule has 0 spiro atoms. The van der Waals surface area contributed by atoms with Crippen molar-refractivity contribution in [1.82, 2.24) is 4.72 Å². The zero-order valence-corrected chi connectivity index (χ0v) is 15.1. The van der Waals surface area contributed by atoms with E-state index >= 15 is 0 Å². The molecule has 0 aliphatic carbocycles. The molecule has 1 aliphatic rings. The van der Waals surface area contributed by atoms with E-state index in [-0.39, 0.29) is 10.9 Å². The van der Waals surface area contributed by atoms with Crippen LogP contribution in [0.4, 0.5) is 0 Å². The van der Waals surface area contributed by atoms with Gasteiger partial charge in [0.1, 0.15) is 0 Å². The molecule has 1 atom stereocenters. The van der Waals surface area contributed by atoms with Gasteiger partial charge >= 0.3 is 0 Å². The SMILES string of the molecule is CC(CCc1ccccc1)NS(=O)(=O)c1ccc2c(c1)OCCCO2. The Morgan fingerprint density at radius 2 is 1.76 bits per heavy atom. The van der Waals surface area contributed by atoms with Crippen LogP contribution in [0.3, 0.4) is 0 Å². The smallest absolute Gasteiger partial charge is 0.240 e. The number of aryl methyl sites for hydroxylation is 1. The lowest BCUT2D eigenvalue weighted by molar-refractivity contribution is 0.297. The highest BCUT2D eigenvalue weighted by Gasteiger charge is 2.20. The second kappa shape index (κ2) is 7.89. The standard InChI is InChI=1S/C19H23NO4S/c1-15(8-9-16-6-3-2-4-7-16)20-25(21,22)17-10-11-18-19(14-17)24-13-5-12-23-18/h2-4,6-7,10-11,14-15,20H,5,8-9,12-13H2,1H3. The highest BCUT2D eigenvalue weighted by molar-refractivity contribution is 7.89. The minimum atomic E-state index is -3.59. The van der Waals surface area contributed by atoms with Gasteiger partial charge in [-0.3, -0.25) is 0 Å². The summed E-state index contributed by atoms with van der Waals surface area (Å²) in [6, 6.07) is 14.6. The second-order valence-electron chi connectivity index (χ2n) is 6.21. The molecule has 6 heteroatoms. The molecule has 0 saturated carbocycles. The van der Waals surface area contributed by atoms with Crippen LogP contribution in [0.2, 0.25) is 0 Å². The highest BCUT2D eigenvalue weighted by Crippen LogP contribution is 2.31. The molecule has 0 radical (unpaired) electrons. The fraction of sp³-hybridized carbons (Fsp3) is 0.368. The first kappa shape index (κ1) is 17.8. The summed E-state index contributed by atoms with van der Waals surface area (Å²) in [6.07, 6.45) is 2.34. The van der Waals surface area contributed by atoms with Gasteiger partial charge in [-0.15, -0.1) is 0 Å². The van der Waals surface area contributed by atoms with Gasteiger partial charge in [-0.1, -0.05) is 30.3 Å². The van der Waals surface area contributed by atoms with E-state index in [4.69, 9.17) is 9.47 Å². The molecule has 25 heavy (non-hydrogen) atoms. The molecule has 0 aromatic heterocycles. The average Bonchev–Trinajstić information content (AvgIpc) is 2.85. The average molecular weight is 361 g/mol. The summed E-state index contributed by atoms with van der Waals surface area (Å²) in [5, 5.41) is 0. The number of rotatable bonds is 6. The molecule has 5 nitrogen and oxygen atoms in total. The fourth-order valence-corrected chi connectivity index (χ4v) is 4.02. The minimum absolute atomic E-state index is 0.166. The Hall–Kier alpha value is -2.05. The molecule has 3 rings (SSSR count). The van der Waals surface area contributed by atoms with Gasteiger partial charge in [0, 0.05) is 18.5 Å². The highest BCUT2D eigenvalue weighted by atomic mass is 32.2. The third-order valence-electron chi connectivity index (χ3n) is 4.09. The third kappa shape index (κ3) is 4.74. The van der Waals surface area contributed by atoms with Crippen molar-refractivity contribution >= 4 is 10.0 Å². The number of sulfonamides is 1. The van der Waals surface area contributed by atoms with Gasteiger partial charge in [-0.05, 0) is 37.5 Å². The monoisotopic (exact) mass is 361 g/mol. The topological polar surface area (TPSA) is 64.6 Å². The molecule has 0 bridgehead atoms. The number of fused-ring (bicyclic) bond motifs is 1. The van der Waals surface area contributed by atoms with Crippen LogP contribution in [-0.4, -0.2) is 27.7 Å². The van der Waals surface area contributed by atoms with E-state index in [0.717, 1.165) is 19.3 Å². The van der Waals surface area contributed by atoms with Gasteiger partial charge < -0.3 is 9.47 Å². The predicted octanol–water partition coefficient (Wildman–Crippen LogP) is 3.15. The van der Waals surface area contributed by atoms with Crippen molar-refractivity contribution in [2.24, 2.45) is 0 Å². The molecule has 0 saturated heterocycles. The van der Waals surface area contributed by atoms with Crippen molar-refractivity contribution in [2.75, 3.05) is 13.2 Å². The number of hydrogen-bond donors (Lipinski definition) is 1. The lowest BCUT2D eigenvalue weighted by Gasteiger charge is -2.15. The molecule has 1 heterocycles. The van der Waals surface area contributed by atoms with Crippen LogP contribution < -0.4 is 14.2 Å². The van der Waals surface area contributed by atoms with Crippen molar-refractivity contribution < 1.29 is 17.9 Å². The predicted molar refractivity (Wildman–Crippen MR) is 96.6 cm³/mol. The summed E-state index contributed by atoms with van der Waals surface area (Å²) in [4.78, 5) is 0.198. The van der Waals surface area contributed by atoms with E-state index in [1.807, 2.05) is 37.3 Å². The van der Waals surface area contributed by atoms with Crippen molar-refractivity contribution in [3.05, 3.63) is 54.1 Å². The number of nitrogens with one attached hydrogen (secondary N) is 1. The Morgan fingerprint density at radius 1 is 1.04 bits per heavy atom. The lowest BCUT2D eigenvalue weighted by Crippen LogP contribution is -2.33. The zero-order valence-electron chi connectivity index (χ0n) is 14.3. The molecular formula is C19H23NO4S. The first-order chi connectivity index (χ1) is 12.0. The Kier molecular flexibility index (Phi) is 5.60. The number of hydrogen-bond acceptors (Lipinski definition) is 4. The van der Waals surface area contributed by atoms with Gasteiger partial charge in [0.05, 0.1) is 18.1 Å². The van der Waals surface area contributed by atoms with Crippen LogP contribution in [0.1, 0.15) is 25.3 Å². The van der Waals surface area contributed by atoms with Crippen LogP contribution in [-0.2, 0) is 16.4 Å². The van der Waals surface area contributed by atoms with E-state index in [1.54, 1.807) is 12.1 Å². The van der Waals surface area contributed by atoms with Crippen LogP contribution in [0.25, 0.3) is 0 Å². The molecule has 0 fully saturated rings. The van der Waals surface area contributed by atoms with Gasteiger partial charge in [0.25, 0.3) is 0 Å². The van der Waals surface area contributed by atoms with Crippen LogP contribution >= 0.6 is 0 Å². The van der Waals surface area contributed by atoms with Crippen molar-refractivity contribution in [3.63, 3.8) is 0 Å². The van der Waals surface area contributed by atoms with E-state index < -0.39 is 10.0 Å². The molecule has 2 aromatic carbocycles. The summed E-state index contributed by atoms with van der Waals surface area (Å²) in [6.45, 7) is 2.98. The van der Waals surface area contributed by atoms with Crippen LogP contribution in [0.15, 0.2) is 53.4 Å².